The molecule has 1 fully saturated rings. The van der Waals surface area contributed by atoms with E-state index in [-0.39, 0.29) is 12.1 Å². The van der Waals surface area contributed by atoms with Crippen LogP contribution in [0.25, 0.3) is 27.6 Å². The van der Waals surface area contributed by atoms with Crippen LogP contribution in [0.3, 0.4) is 0 Å². The first-order chi connectivity index (χ1) is 31.1. The summed E-state index contributed by atoms with van der Waals surface area (Å²) >= 11 is -1.62. The van der Waals surface area contributed by atoms with Crippen LogP contribution in [0.5, 0.6) is 5.75 Å². The summed E-state index contributed by atoms with van der Waals surface area (Å²) in [5, 5.41) is 5.36. The molecule has 0 spiro atoms. The molecule has 5 rings (SSSR count). The topological polar surface area (TPSA) is 48.1 Å². The minimum absolute atomic E-state index is 0.0647. The molecular formula is C56H78Cl3CrN3O. The van der Waals surface area contributed by atoms with Gasteiger partial charge in [0.05, 0.1) is 18.0 Å². The van der Waals surface area contributed by atoms with Gasteiger partial charge in [-0.2, -0.15) is 0 Å². The third kappa shape index (κ3) is 20.1. The second kappa shape index (κ2) is 31.4. The average molecular weight is 968 g/mol. The van der Waals surface area contributed by atoms with E-state index >= 15 is 0 Å². The Morgan fingerprint density at radius 1 is 0.578 bits per heavy atom. The van der Waals surface area contributed by atoms with Gasteiger partial charge in [0.15, 0.2) is 0 Å². The van der Waals surface area contributed by atoms with Crippen molar-refractivity contribution < 1.29 is 16.1 Å². The van der Waals surface area contributed by atoms with Gasteiger partial charge in [0.2, 0.25) is 0 Å². The van der Waals surface area contributed by atoms with Crippen molar-refractivity contribution in [1.29, 1.82) is 0 Å². The number of benzene rings is 4. The monoisotopic (exact) mass is 965 g/mol. The zero-order valence-electron chi connectivity index (χ0n) is 40.1. The maximum atomic E-state index is 6.81. The second-order valence-corrected chi connectivity index (χ2v) is 24.3. The van der Waals surface area contributed by atoms with Gasteiger partial charge in [-0.3, -0.25) is 9.98 Å². The first-order valence-corrected chi connectivity index (χ1v) is 29.9. The zero-order valence-corrected chi connectivity index (χ0v) is 43.6. The van der Waals surface area contributed by atoms with Crippen molar-refractivity contribution in [1.82, 2.24) is 0 Å². The van der Waals surface area contributed by atoms with Gasteiger partial charge in [-0.1, -0.05) is 226 Å². The fourth-order valence-electron chi connectivity index (χ4n) is 9.06. The van der Waals surface area contributed by atoms with E-state index in [0.717, 1.165) is 76.5 Å². The number of hydrogen-bond donors (Lipinski definition) is 0. The molecule has 0 aliphatic carbocycles. The van der Waals surface area contributed by atoms with Crippen molar-refractivity contribution >= 4 is 52.9 Å². The Hall–Kier alpha value is -2.62. The summed E-state index contributed by atoms with van der Waals surface area (Å²) in [7, 11) is 14.8. The van der Waals surface area contributed by atoms with Crippen LogP contribution in [0.1, 0.15) is 172 Å². The molecule has 0 aromatic heterocycles. The number of rotatable bonds is 26. The predicted molar refractivity (Wildman–Crippen MR) is 280 cm³/mol. The first-order valence-electron chi connectivity index (χ1n) is 24.6. The standard InChI is InChI=1S/C56H78N3O.3ClH.Cr/c1-7-8-9-10-11-12-13-14-15-16-17-18-19-20-21-22-23-30-38-60-56-51(48-32-26-24-27-33-48)41-50(42-52(56)49-34-28-25-29-35-49)57-46(5)53-36-31-37-54(59-53)47(6)58-55-44(3)39-43(2)40-45(55)4;;;;/h24-29,32-35,39-42,53-54H,7-23,30-31,36-38H2,1-6H3;3*1H;/q-1;;;;+4/p-3. The molecule has 0 radical (unpaired) electrons. The summed E-state index contributed by atoms with van der Waals surface area (Å²) in [6, 6.07) is 30.5. The molecule has 1 heterocycles. The van der Waals surface area contributed by atoms with E-state index in [4.69, 9.17) is 50.2 Å². The van der Waals surface area contributed by atoms with Crippen LogP contribution >= 0.6 is 30.1 Å². The number of aliphatic imine (C=N–C) groups is 2. The number of hydrogen-bond acceptors (Lipinski definition) is 3. The van der Waals surface area contributed by atoms with Gasteiger partial charge in [-0.05, 0) is 86.8 Å². The van der Waals surface area contributed by atoms with Gasteiger partial charge in [-0.15, -0.1) is 0 Å². The molecule has 0 bridgehead atoms. The molecule has 1 aliphatic rings. The number of aryl methyl sites for hydroxylation is 3. The van der Waals surface area contributed by atoms with Gasteiger partial charge in [0.25, 0.3) is 0 Å². The van der Waals surface area contributed by atoms with Crippen LogP contribution in [-0.4, -0.2) is 30.1 Å². The third-order valence-corrected chi connectivity index (χ3v) is 12.5. The number of nitrogens with zero attached hydrogens (tertiary/aromatic N) is 3. The Kier molecular flexibility index (Phi) is 26.5. The van der Waals surface area contributed by atoms with Gasteiger partial charge < -0.3 is 10.1 Å². The fourth-order valence-corrected chi connectivity index (χ4v) is 9.06. The summed E-state index contributed by atoms with van der Waals surface area (Å²) in [6.45, 7) is 13.8. The predicted octanol–water partition coefficient (Wildman–Crippen LogP) is 19.6. The van der Waals surface area contributed by atoms with Gasteiger partial charge >= 0.3 is 41.5 Å². The third-order valence-electron chi connectivity index (χ3n) is 12.5. The number of unbranched alkanes of at least 4 members (excludes halogenated alkanes) is 17. The van der Waals surface area contributed by atoms with Crippen LogP contribution in [0.15, 0.2) is 94.9 Å². The molecule has 4 aromatic rings. The van der Waals surface area contributed by atoms with Crippen molar-refractivity contribution in [3.8, 4) is 28.0 Å². The van der Waals surface area contributed by atoms with Crippen LogP contribution in [0, 0.1) is 20.8 Å². The Morgan fingerprint density at radius 2 is 0.969 bits per heavy atom. The normalized spacial score (nSPS) is 15.6. The number of halogens is 3. The molecule has 8 heteroatoms. The van der Waals surface area contributed by atoms with E-state index in [1.165, 1.54) is 126 Å². The molecule has 0 N–H and O–H groups in total. The minimum atomic E-state index is -1.62. The summed E-state index contributed by atoms with van der Waals surface area (Å²) in [4.78, 5) is 10.5. The zero-order chi connectivity index (χ0) is 45.9. The summed E-state index contributed by atoms with van der Waals surface area (Å²) in [5.41, 5.74) is 12.4. The molecule has 64 heavy (non-hydrogen) atoms. The van der Waals surface area contributed by atoms with Crippen molar-refractivity contribution in [3.63, 3.8) is 0 Å². The van der Waals surface area contributed by atoms with E-state index < -0.39 is 11.4 Å². The van der Waals surface area contributed by atoms with Gasteiger partial charge in [0, 0.05) is 11.1 Å². The molecule has 4 aromatic carbocycles. The Labute approximate surface area is 406 Å². The van der Waals surface area contributed by atoms with Crippen LogP contribution in [0.2, 0.25) is 0 Å². The van der Waals surface area contributed by atoms with E-state index in [1.54, 1.807) is 0 Å². The SMILES string of the molecule is CCCCCCCCCCCCCCCCCCCCOc1c(-c2ccccc2)cc(N=C(C)C2CCCC(C(C)=Nc3c(C)cc(C)cc3C)[N-]2)cc1-c1ccccc1.[Cl][Cr+]([Cl])[Cl]. The molecule has 1 aliphatic heterocycles. The molecule has 0 amide bonds. The molecule has 1 saturated heterocycles. The van der Waals surface area contributed by atoms with E-state index in [2.05, 4.69) is 126 Å². The maximum absolute atomic E-state index is 6.81. The van der Waals surface area contributed by atoms with E-state index in [0.29, 0.717) is 6.61 Å². The van der Waals surface area contributed by atoms with E-state index in [9.17, 15) is 0 Å². The van der Waals surface area contributed by atoms with Gasteiger partial charge in [0.1, 0.15) is 5.75 Å². The molecule has 350 valence electrons. The molecular weight excluding hydrogens is 889 g/mol. The molecule has 2 atom stereocenters. The van der Waals surface area contributed by atoms with E-state index in [1.807, 2.05) is 0 Å². The fraction of sp³-hybridized carbons (Fsp3) is 0.536. The Balaban J connectivity index is 0.00000215. The Morgan fingerprint density at radius 3 is 1.39 bits per heavy atom. The quantitative estimate of drug-likeness (QED) is 0.0457. The summed E-state index contributed by atoms with van der Waals surface area (Å²) in [5.74, 6) is 0.951. The van der Waals surface area contributed by atoms with Crippen molar-refractivity contribution in [2.45, 2.75) is 188 Å². The van der Waals surface area contributed by atoms with Crippen LogP contribution in [0.4, 0.5) is 11.4 Å². The summed E-state index contributed by atoms with van der Waals surface area (Å²) in [6.07, 6.45) is 27.9. The second-order valence-electron chi connectivity index (χ2n) is 18.0. The Bertz CT molecular complexity index is 1880. The molecule has 0 saturated carbocycles. The molecule has 4 nitrogen and oxygen atoms in total. The number of ether oxygens (including phenoxy) is 1. The average Bonchev–Trinajstić information content (AvgIpc) is 3.28. The van der Waals surface area contributed by atoms with Crippen molar-refractivity contribution in [2.24, 2.45) is 9.98 Å². The molecule has 2 unspecified atom stereocenters. The summed E-state index contributed by atoms with van der Waals surface area (Å²) < 4.78 is 6.81. The van der Waals surface area contributed by atoms with Crippen LogP contribution < -0.4 is 4.74 Å². The first kappa shape index (κ1) is 54.0. The van der Waals surface area contributed by atoms with Crippen molar-refractivity contribution in [2.75, 3.05) is 6.61 Å². The van der Waals surface area contributed by atoms with Crippen molar-refractivity contribution in [3.05, 3.63) is 107 Å². The van der Waals surface area contributed by atoms with Crippen LogP contribution in [-0.2, 0) is 11.4 Å². The van der Waals surface area contributed by atoms with Gasteiger partial charge in [-0.25, -0.2) is 0 Å². The number of piperidine rings is 1.